The number of nitrogens with two attached hydrogens (primary N) is 1. The molecule has 0 spiro atoms. The number of Topliss-reactive ketones (excluding diaryl/α,β-unsaturated/α-hetero) is 1. The summed E-state index contributed by atoms with van der Waals surface area (Å²) in [4.78, 5) is 24.3. The van der Waals surface area contributed by atoms with Gasteiger partial charge in [-0.25, -0.2) is 4.79 Å². The number of amides is 1. The van der Waals surface area contributed by atoms with Crippen molar-refractivity contribution in [1.29, 1.82) is 0 Å². The zero-order valence-electron chi connectivity index (χ0n) is 13.4. The number of fused-ring (bicyclic) bond motifs is 2. The van der Waals surface area contributed by atoms with Crippen LogP contribution in [0.4, 0.5) is 4.79 Å². The summed E-state index contributed by atoms with van der Waals surface area (Å²) in [6.07, 6.45) is -0.660. The van der Waals surface area contributed by atoms with Gasteiger partial charge in [-0.15, -0.1) is 0 Å². The van der Waals surface area contributed by atoms with Gasteiger partial charge in [0.2, 0.25) is 0 Å². The molecule has 1 aliphatic heterocycles. The van der Waals surface area contributed by atoms with Crippen LogP contribution >= 0.6 is 0 Å². The number of rotatable bonds is 5. The first-order valence-corrected chi connectivity index (χ1v) is 7.97. The number of ketones is 1. The first-order valence-electron chi connectivity index (χ1n) is 7.97. The van der Waals surface area contributed by atoms with Gasteiger partial charge in [-0.3, -0.25) is 4.79 Å². The molecule has 0 aromatic heterocycles. The molecule has 0 radical (unpaired) electrons. The van der Waals surface area contributed by atoms with Crippen molar-refractivity contribution in [2.45, 2.75) is 31.8 Å². The van der Waals surface area contributed by atoms with Crippen LogP contribution in [0.1, 0.15) is 36.8 Å². The van der Waals surface area contributed by atoms with E-state index < -0.39 is 18.1 Å². The minimum atomic E-state index is -0.935. The first-order chi connectivity index (χ1) is 11.6. The Bertz CT molecular complexity index is 726. The topological polar surface area (TPSA) is 78.6 Å². The van der Waals surface area contributed by atoms with Gasteiger partial charge in [-0.2, -0.15) is 0 Å². The minimum absolute atomic E-state index is 0.182. The lowest BCUT2D eigenvalue weighted by molar-refractivity contribution is -0.128. The molecule has 0 saturated heterocycles. The Morgan fingerprint density at radius 1 is 1.08 bits per heavy atom. The highest BCUT2D eigenvalue weighted by molar-refractivity contribution is 5.95. The van der Waals surface area contributed by atoms with Gasteiger partial charge in [0, 0.05) is 11.1 Å². The smallest absolute Gasteiger partial charge is 0.405 e. The highest BCUT2D eigenvalue weighted by Crippen LogP contribution is 2.45. The maximum absolute atomic E-state index is 13.2. The molecule has 1 aliphatic rings. The van der Waals surface area contributed by atoms with Gasteiger partial charge in [0.15, 0.2) is 11.9 Å². The van der Waals surface area contributed by atoms with Crippen molar-refractivity contribution >= 4 is 11.9 Å². The maximum Gasteiger partial charge on any atom is 0.405 e. The molecule has 1 heterocycles. The van der Waals surface area contributed by atoms with Crippen molar-refractivity contribution in [2.24, 2.45) is 5.73 Å². The average molecular weight is 325 g/mol. The van der Waals surface area contributed by atoms with Crippen LogP contribution in [0.25, 0.3) is 0 Å². The van der Waals surface area contributed by atoms with Gasteiger partial charge in [0.1, 0.15) is 11.5 Å². The van der Waals surface area contributed by atoms with E-state index in [2.05, 4.69) is 0 Å². The molecule has 0 aliphatic carbocycles. The average Bonchev–Trinajstić information content (AvgIpc) is 2.58. The molecule has 2 aromatic carbocycles. The Hall–Kier alpha value is -2.82. The normalized spacial score (nSPS) is 14.0. The summed E-state index contributed by atoms with van der Waals surface area (Å²) in [7, 11) is 0. The van der Waals surface area contributed by atoms with Crippen LogP contribution in [0, 0.1) is 0 Å². The van der Waals surface area contributed by atoms with Crippen LogP contribution in [0.3, 0.4) is 0 Å². The Balaban J connectivity index is 2.05. The van der Waals surface area contributed by atoms with Gasteiger partial charge in [0.05, 0.1) is 5.92 Å². The second-order valence-corrected chi connectivity index (χ2v) is 5.73. The molecule has 1 amide bonds. The highest BCUT2D eigenvalue weighted by atomic mass is 16.6. The third-order valence-electron chi connectivity index (χ3n) is 4.09. The molecule has 124 valence electrons. The predicted octanol–water partition coefficient (Wildman–Crippen LogP) is 3.76. The molecule has 3 rings (SSSR count). The third-order valence-corrected chi connectivity index (χ3v) is 4.09. The van der Waals surface area contributed by atoms with E-state index in [-0.39, 0.29) is 5.78 Å². The monoisotopic (exact) mass is 325 g/mol. The van der Waals surface area contributed by atoms with E-state index in [9.17, 15) is 9.59 Å². The van der Waals surface area contributed by atoms with Crippen LogP contribution in [-0.2, 0) is 9.53 Å². The largest absolute Gasteiger partial charge is 0.457 e. The number of para-hydroxylation sites is 2. The van der Waals surface area contributed by atoms with E-state index >= 15 is 0 Å². The molecule has 5 nitrogen and oxygen atoms in total. The van der Waals surface area contributed by atoms with Crippen molar-refractivity contribution in [1.82, 2.24) is 0 Å². The van der Waals surface area contributed by atoms with E-state index in [1.165, 1.54) is 0 Å². The second-order valence-electron chi connectivity index (χ2n) is 5.73. The Kier molecular flexibility index (Phi) is 4.51. The number of carbonyl (C=O) groups excluding carboxylic acids is 2. The van der Waals surface area contributed by atoms with Crippen LogP contribution in [-0.4, -0.2) is 18.0 Å². The second kappa shape index (κ2) is 6.74. The molecule has 0 bridgehead atoms. The fraction of sp³-hybridized carbons (Fsp3) is 0.263. The molecule has 0 fully saturated rings. The van der Waals surface area contributed by atoms with Crippen molar-refractivity contribution in [3.63, 3.8) is 0 Å². The number of hydrogen-bond donors (Lipinski definition) is 1. The van der Waals surface area contributed by atoms with E-state index in [1.54, 1.807) is 0 Å². The fourth-order valence-electron chi connectivity index (χ4n) is 3.06. The molecule has 1 unspecified atom stereocenters. The zero-order chi connectivity index (χ0) is 17.1. The van der Waals surface area contributed by atoms with Crippen molar-refractivity contribution < 1.29 is 19.1 Å². The molecule has 5 heteroatoms. The summed E-state index contributed by atoms with van der Waals surface area (Å²) in [6, 6.07) is 14.8. The van der Waals surface area contributed by atoms with Gasteiger partial charge < -0.3 is 15.2 Å². The van der Waals surface area contributed by atoms with E-state index in [0.717, 1.165) is 11.1 Å². The molecule has 0 saturated carbocycles. The number of ether oxygens (including phenoxy) is 2. The summed E-state index contributed by atoms with van der Waals surface area (Å²) in [5.41, 5.74) is 6.69. The summed E-state index contributed by atoms with van der Waals surface area (Å²) >= 11 is 0. The number of hydrogen-bond acceptors (Lipinski definition) is 4. The maximum atomic E-state index is 13.2. The number of carbonyl (C=O) groups is 2. The number of primary amides is 1. The molecule has 1 atom stereocenters. The predicted molar refractivity (Wildman–Crippen MR) is 89.2 cm³/mol. The first kappa shape index (κ1) is 16.1. The Morgan fingerprint density at radius 2 is 1.62 bits per heavy atom. The van der Waals surface area contributed by atoms with Gasteiger partial charge in [-0.1, -0.05) is 49.7 Å². The van der Waals surface area contributed by atoms with Crippen LogP contribution < -0.4 is 10.5 Å². The quantitative estimate of drug-likeness (QED) is 0.908. The zero-order valence-corrected chi connectivity index (χ0v) is 13.4. The van der Waals surface area contributed by atoms with E-state index in [0.29, 0.717) is 24.3 Å². The van der Waals surface area contributed by atoms with Crippen LogP contribution in [0.2, 0.25) is 0 Å². The molecule has 2 N–H and O–H groups in total. The fourth-order valence-corrected chi connectivity index (χ4v) is 3.06. The summed E-state index contributed by atoms with van der Waals surface area (Å²) in [5, 5.41) is 0. The lowest BCUT2D eigenvalue weighted by Gasteiger charge is -2.29. The highest BCUT2D eigenvalue weighted by Gasteiger charge is 2.37. The SMILES string of the molecule is CCCC(OC(N)=O)C(=O)C1c2ccccc2Oc2ccccc21. The molecular weight excluding hydrogens is 306 g/mol. The Morgan fingerprint density at radius 3 is 2.12 bits per heavy atom. The van der Waals surface area contributed by atoms with Crippen LogP contribution in [0.15, 0.2) is 48.5 Å². The summed E-state index contributed by atoms with van der Waals surface area (Å²) in [6.45, 7) is 1.93. The van der Waals surface area contributed by atoms with Crippen LogP contribution in [0.5, 0.6) is 11.5 Å². The molecule has 24 heavy (non-hydrogen) atoms. The Labute approximate surface area is 140 Å². The standard InChI is InChI=1S/C19H19NO4/c1-2-7-16(24-19(20)22)18(21)17-12-8-3-5-10-14(12)23-15-11-6-4-9-13(15)17/h3-6,8-11,16-17H,2,7H2,1H3,(H2,20,22). The van der Waals surface area contributed by atoms with Gasteiger partial charge >= 0.3 is 6.09 Å². The van der Waals surface area contributed by atoms with E-state index in [4.69, 9.17) is 15.2 Å². The third kappa shape index (κ3) is 2.97. The van der Waals surface area contributed by atoms with Crippen molar-refractivity contribution in [2.75, 3.05) is 0 Å². The molecular formula is C19H19NO4. The minimum Gasteiger partial charge on any atom is -0.457 e. The van der Waals surface area contributed by atoms with Gasteiger partial charge in [0.25, 0.3) is 0 Å². The molecule has 2 aromatic rings. The van der Waals surface area contributed by atoms with Crippen molar-refractivity contribution in [3.8, 4) is 11.5 Å². The van der Waals surface area contributed by atoms with Crippen molar-refractivity contribution in [3.05, 3.63) is 59.7 Å². The summed E-state index contributed by atoms with van der Waals surface area (Å²) < 4.78 is 11.0. The lowest BCUT2D eigenvalue weighted by atomic mass is 9.82. The summed E-state index contributed by atoms with van der Waals surface area (Å²) in [5.74, 6) is 0.564. The number of benzene rings is 2. The lowest BCUT2D eigenvalue weighted by Crippen LogP contribution is -2.34. The van der Waals surface area contributed by atoms with Gasteiger partial charge in [-0.05, 0) is 18.6 Å². The van der Waals surface area contributed by atoms with E-state index in [1.807, 2.05) is 55.5 Å².